The number of nitrogens with zero attached hydrogens (tertiary/aromatic N) is 1. The summed E-state index contributed by atoms with van der Waals surface area (Å²) in [4.78, 5) is 12.6. The van der Waals surface area contributed by atoms with Gasteiger partial charge < -0.3 is 15.1 Å². The van der Waals surface area contributed by atoms with E-state index in [9.17, 15) is 9.90 Å². The zero-order chi connectivity index (χ0) is 9.84. The first kappa shape index (κ1) is 10.5. The lowest BCUT2D eigenvalue weighted by molar-refractivity contribution is -0.139. The summed E-state index contributed by atoms with van der Waals surface area (Å²) in [7, 11) is 2.00. The molecule has 0 unspecified atom stereocenters. The van der Waals surface area contributed by atoms with Crippen LogP contribution in [-0.2, 0) is 4.79 Å². The topological polar surface area (TPSA) is 60.8 Å². The molecule has 1 rings (SSSR count). The Hall–Kier alpha value is -0.610. The van der Waals surface area contributed by atoms with Gasteiger partial charge in [-0.25, -0.2) is 0 Å². The lowest BCUT2D eigenvalue weighted by atomic mass is 9.94. The number of rotatable bonds is 2. The Morgan fingerprint density at radius 2 is 2.08 bits per heavy atom. The Kier molecular flexibility index (Phi) is 3.69. The second-order valence-electron chi connectivity index (χ2n) is 3.81. The van der Waals surface area contributed by atoms with Gasteiger partial charge in [0.15, 0.2) is 0 Å². The highest BCUT2D eigenvalue weighted by molar-refractivity contribution is 5.67. The molecule has 4 nitrogen and oxygen atoms in total. The zero-order valence-corrected chi connectivity index (χ0v) is 7.94. The lowest BCUT2D eigenvalue weighted by Crippen LogP contribution is -2.22. The maximum Gasteiger partial charge on any atom is 0.303 e. The fourth-order valence-corrected chi connectivity index (χ4v) is 1.74. The molecule has 1 aliphatic heterocycles. The van der Waals surface area contributed by atoms with Crippen molar-refractivity contribution in [3.63, 3.8) is 0 Å². The molecule has 0 saturated carbocycles. The number of hydrogen-bond acceptors (Lipinski definition) is 3. The Bertz CT molecular complexity index is 184. The molecule has 0 aliphatic carbocycles. The van der Waals surface area contributed by atoms with Gasteiger partial charge in [0, 0.05) is 6.54 Å². The van der Waals surface area contributed by atoms with Crippen molar-refractivity contribution in [2.24, 2.45) is 5.92 Å². The number of carbonyl (C=O) groups is 1. The highest BCUT2D eigenvalue weighted by atomic mass is 16.4. The molecule has 1 saturated heterocycles. The van der Waals surface area contributed by atoms with E-state index in [1.807, 2.05) is 7.05 Å². The molecule has 0 bridgehead atoms. The number of carboxylic acid groups (broad SMARTS) is 1. The molecule has 1 aliphatic rings. The molecule has 2 atom stereocenters. The third kappa shape index (κ3) is 3.32. The molecule has 1 heterocycles. The van der Waals surface area contributed by atoms with Crippen LogP contribution in [0.1, 0.15) is 19.3 Å². The van der Waals surface area contributed by atoms with Crippen LogP contribution in [0.4, 0.5) is 0 Å². The van der Waals surface area contributed by atoms with Crippen molar-refractivity contribution in [2.75, 3.05) is 20.1 Å². The Labute approximate surface area is 78.2 Å². The van der Waals surface area contributed by atoms with Gasteiger partial charge in [-0.3, -0.25) is 4.79 Å². The van der Waals surface area contributed by atoms with Crippen LogP contribution in [0.3, 0.4) is 0 Å². The van der Waals surface area contributed by atoms with Crippen molar-refractivity contribution in [1.82, 2.24) is 4.90 Å². The van der Waals surface area contributed by atoms with Crippen molar-refractivity contribution in [2.45, 2.75) is 25.4 Å². The Balaban J connectivity index is 2.46. The predicted octanol–water partition coefficient (Wildman–Crippen LogP) is 0.164. The summed E-state index contributed by atoms with van der Waals surface area (Å²) in [5.74, 6) is -0.879. The first-order valence-electron chi connectivity index (χ1n) is 4.68. The van der Waals surface area contributed by atoms with E-state index in [0.717, 1.165) is 19.5 Å². The molecule has 1 fully saturated rings. The minimum atomic E-state index is -0.811. The number of aliphatic carboxylic acids is 1. The summed E-state index contributed by atoms with van der Waals surface area (Å²) < 4.78 is 0. The van der Waals surface area contributed by atoms with Gasteiger partial charge in [-0.15, -0.1) is 0 Å². The first-order chi connectivity index (χ1) is 6.09. The van der Waals surface area contributed by atoms with Gasteiger partial charge in [0.05, 0.1) is 12.5 Å². The average Bonchev–Trinajstić information content (AvgIpc) is 2.19. The summed E-state index contributed by atoms with van der Waals surface area (Å²) in [6, 6.07) is 0. The minimum Gasteiger partial charge on any atom is -0.481 e. The van der Waals surface area contributed by atoms with Crippen LogP contribution in [0.5, 0.6) is 0 Å². The fraction of sp³-hybridized carbons (Fsp3) is 0.889. The van der Waals surface area contributed by atoms with Crippen molar-refractivity contribution >= 4 is 5.97 Å². The highest BCUT2D eigenvalue weighted by Crippen LogP contribution is 2.20. The standard InChI is InChI=1S/C9H17NO3/c1-10-4-2-7(6-9(12)13)8(11)3-5-10/h7-8,11H,2-6H2,1H3,(H,12,13)/t7-,8-/m1/s1. The number of likely N-dealkylation sites (tertiary alicyclic amines) is 1. The molecule has 0 aromatic rings. The molecule has 0 radical (unpaired) electrons. The summed E-state index contributed by atoms with van der Waals surface area (Å²) in [5.41, 5.74) is 0. The van der Waals surface area contributed by atoms with Crippen LogP contribution in [-0.4, -0.2) is 47.3 Å². The van der Waals surface area contributed by atoms with Crippen LogP contribution >= 0.6 is 0 Å². The molecular weight excluding hydrogens is 170 g/mol. The quantitative estimate of drug-likeness (QED) is 0.646. The Morgan fingerprint density at radius 3 is 2.69 bits per heavy atom. The van der Waals surface area contributed by atoms with Crippen LogP contribution in [0.2, 0.25) is 0 Å². The number of carboxylic acids is 1. The second kappa shape index (κ2) is 4.58. The van der Waals surface area contributed by atoms with Crippen LogP contribution in [0.25, 0.3) is 0 Å². The maximum absolute atomic E-state index is 10.5. The number of aliphatic hydroxyl groups excluding tert-OH is 1. The first-order valence-corrected chi connectivity index (χ1v) is 4.68. The van der Waals surface area contributed by atoms with Gasteiger partial charge >= 0.3 is 5.97 Å². The maximum atomic E-state index is 10.5. The zero-order valence-electron chi connectivity index (χ0n) is 7.94. The molecule has 0 spiro atoms. The molecule has 0 aromatic heterocycles. The van der Waals surface area contributed by atoms with E-state index < -0.39 is 12.1 Å². The van der Waals surface area contributed by atoms with E-state index in [2.05, 4.69) is 4.90 Å². The van der Waals surface area contributed by atoms with Crippen molar-refractivity contribution in [3.8, 4) is 0 Å². The van der Waals surface area contributed by atoms with Crippen molar-refractivity contribution < 1.29 is 15.0 Å². The van der Waals surface area contributed by atoms with Gasteiger partial charge in [-0.1, -0.05) is 0 Å². The average molecular weight is 187 g/mol. The van der Waals surface area contributed by atoms with Gasteiger partial charge in [0.1, 0.15) is 0 Å². The number of hydrogen-bond donors (Lipinski definition) is 2. The smallest absolute Gasteiger partial charge is 0.303 e. The molecule has 4 heteroatoms. The molecule has 0 aromatic carbocycles. The third-order valence-electron chi connectivity index (χ3n) is 2.67. The van der Waals surface area contributed by atoms with Crippen molar-refractivity contribution in [3.05, 3.63) is 0 Å². The molecule has 13 heavy (non-hydrogen) atoms. The molecule has 0 amide bonds. The van der Waals surface area contributed by atoms with Crippen molar-refractivity contribution in [1.29, 1.82) is 0 Å². The molecular formula is C9H17NO3. The van der Waals surface area contributed by atoms with Gasteiger partial charge in [-0.2, -0.15) is 0 Å². The third-order valence-corrected chi connectivity index (χ3v) is 2.67. The van der Waals surface area contributed by atoms with Crippen LogP contribution < -0.4 is 0 Å². The summed E-state index contributed by atoms with van der Waals surface area (Å²) in [6.07, 6.45) is 1.12. The van der Waals surface area contributed by atoms with E-state index in [1.54, 1.807) is 0 Å². The normalized spacial score (nSPS) is 31.2. The van der Waals surface area contributed by atoms with E-state index >= 15 is 0 Å². The minimum absolute atomic E-state index is 0.0672. The van der Waals surface area contributed by atoms with E-state index in [1.165, 1.54) is 0 Å². The molecule has 76 valence electrons. The fourth-order valence-electron chi connectivity index (χ4n) is 1.74. The van der Waals surface area contributed by atoms with E-state index in [-0.39, 0.29) is 12.3 Å². The molecule has 2 N–H and O–H groups in total. The SMILES string of the molecule is CN1CC[C@H](CC(=O)O)[C@H](O)CC1. The van der Waals surface area contributed by atoms with Crippen LogP contribution in [0, 0.1) is 5.92 Å². The van der Waals surface area contributed by atoms with Crippen LogP contribution in [0.15, 0.2) is 0 Å². The van der Waals surface area contributed by atoms with Gasteiger partial charge in [0.2, 0.25) is 0 Å². The summed E-state index contributed by atoms with van der Waals surface area (Å²) in [5, 5.41) is 18.2. The highest BCUT2D eigenvalue weighted by Gasteiger charge is 2.25. The predicted molar refractivity (Wildman–Crippen MR) is 48.5 cm³/mol. The largest absolute Gasteiger partial charge is 0.481 e. The van der Waals surface area contributed by atoms with Gasteiger partial charge in [-0.05, 0) is 32.4 Å². The monoisotopic (exact) mass is 187 g/mol. The summed E-state index contributed by atoms with van der Waals surface area (Å²) >= 11 is 0. The summed E-state index contributed by atoms with van der Waals surface area (Å²) in [6.45, 7) is 1.74. The Morgan fingerprint density at radius 1 is 1.46 bits per heavy atom. The van der Waals surface area contributed by atoms with E-state index in [0.29, 0.717) is 6.42 Å². The second-order valence-corrected chi connectivity index (χ2v) is 3.81. The number of aliphatic hydroxyl groups is 1. The lowest BCUT2D eigenvalue weighted by Gasteiger charge is -2.17. The van der Waals surface area contributed by atoms with Gasteiger partial charge in [0.25, 0.3) is 0 Å². The van der Waals surface area contributed by atoms with E-state index in [4.69, 9.17) is 5.11 Å².